The maximum atomic E-state index is 13.0. The molecule has 11 heteroatoms. The van der Waals surface area contributed by atoms with Gasteiger partial charge in [0.1, 0.15) is 5.75 Å². The van der Waals surface area contributed by atoms with E-state index in [1.54, 1.807) is 19.1 Å². The summed E-state index contributed by atoms with van der Waals surface area (Å²) in [6.07, 6.45) is -1.65. The summed E-state index contributed by atoms with van der Waals surface area (Å²) >= 11 is 0. The summed E-state index contributed by atoms with van der Waals surface area (Å²) in [5, 5.41) is 0. The van der Waals surface area contributed by atoms with Crippen LogP contribution in [0.15, 0.2) is 47.4 Å². The van der Waals surface area contributed by atoms with Crippen LogP contribution in [-0.4, -0.2) is 31.5 Å². The standard InChI is InChI=1S/C23H23F3N2O5S/c1-14-6-7-15(13-28-21(29)18-4-2-3-5-19(18)22(28)30)12-20(14)34(31,32)27-16-8-10-17(11-9-16)33-23(24,25)26/h6-12,18-19,27H,2-5,13H2,1H3. The molecule has 1 aliphatic heterocycles. The highest BCUT2D eigenvalue weighted by molar-refractivity contribution is 7.92. The molecule has 182 valence electrons. The van der Waals surface area contributed by atoms with E-state index in [0.717, 1.165) is 37.1 Å². The summed E-state index contributed by atoms with van der Waals surface area (Å²) in [4.78, 5) is 26.7. The average Bonchev–Trinajstić information content (AvgIpc) is 3.00. The van der Waals surface area contributed by atoms with Gasteiger partial charge in [0.2, 0.25) is 11.8 Å². The predicted octanol–water partition coefficient (Wildman–Crippen LogP) is 4.37. The van der Waals surface area contributed by atoms with Gasteiger partial charge in [0, 0.05) is 5.69 Å². The van der Waals surface area contributed by atoms with Crippen LogP contribution in [0.25, 0.3) is 0 Å². The number of hydrogen-bond donors (Lipinski definition) is 1. The van der Waals surface area contributed by atoms with Gasteiger partial charge in [-0.05, 0) is 61.2 Å². The first-order valence-corrected chi connectivity index (χ1v) is 12.3. The van der Waals surface area contributed by atoms with E-state index >= 15 is 0 Å². The molecule has 1 aliphatic carbocycles. The van der Waals surface area contributed by atoms with Crippen LogP contribution in [0.5, 0.6) is 5.75 Å². The van der Waals surface area contributed by atoms with Crippen molar-refractivity contribution in [3.8, 4) is 5.75 Å². The molecule has 0 aromatic heterocycles. The van der Waals surface area contributed by atoms with Gasteiger partial charge in [-0.1, -0.05) is 25.0 Å². The number of sulfonamides is 1. The maximum absolute atomic E-state index is 13.0. The molecule has 0 bridgehead atoms. The third-order valence-corrected chi connectivity index (χ3v) is 7.68. The first kappa shape index (κ1) is 24.1. The molecule has 0 radical (unpaired) electrons. The number of fused-ring (bicyclic) bond motifs is 1. The van der Waals surface area contributed by atoms with Crippen LogP contribution in [0.1, 0.15) is 36.8 Å². The molecule has 2 unspecified atom stereocenters. The maximum Gasteiger partial charge on any atom is 0.573 e. The number of imide groups is 1. The van der Waals surface area contributed by atoms with Crippen LogP contribution < -0.4 is 9.46 Å². The third-order valence-electron chi connectivity index (χ3n) is 6.16. The highest BCUT2D eigenvalue weighted by Gasteiger charge is 2.47. The Morgan fingerprint density at radius 3 is 2.15 bits per heavy atom. The summed E-state index contributed by atoms with van der Waals surface area (Å²) in [6.45, 7) is 1.58. The fourth-order valence-electron chi connectivity index (χ4n) is 4.54. The monoisotopic (exact) mass is 496 g/mol. The smallest absolute Gasteiger partial charge is 0.406 e. The lowest BCUT2D eigenvalue weighted by Crippen LogP contribution is -2.30. The second kappa shape index (κ2) is 8.94. The van der Waals surface area contributed by atoms with E-state index in [-0.39, 0.29) is 40.8 Å². The Morgan fingerprint density at radius 1 is 1.00 bits per heavy atom. The van der Waals surface area contributed by atoms with Gasteiger partial charge in [0.15, 0.2) is 0 Å². The molecule has 34 heavy (non-hydrogen) atoms. The molecule has 2 atom stereocenters. The van der Waals surface area contributed by atoms with E-state index in [1.807, 2.05) is 0 Å². The number of rotatable bonds is 6. The molecule has 1 saturated heterocycles. The van der Waals surface area contributed by atoms with Gasteiger partial charge in [0.25, 0.3) is 10.0 Å². The summed E-state index contributed by atoms with van der Waals surface area (Å²) in [5.41, 5.74) is 0.967. The van der Waals surface area contributed by atoms with Crippen molar-refractivity contribution in [3.05, 3.63) is 53.6 Å². The van der Waals surface area contributed by atoms with Crippen molar-refractivity contribution < 1.29 is 35.9 Å². The number of nitrogens with one attached hydrogen (secondary N) is 1. The van der Waals surface area contributed by atoms with Gasteiger partial charge in [-0.25, -0.2) is 8.42 Å². The Hall–Kier alpha value is -3.08. The Labute approximate surface area is 194 Å². The van der Waals surface area contributed by atoms with E-state index in [9.17, 15) is 31.2 Å². The number of nitrogens with zero attached hydrogens (tertiary/aromatic N) is 1. The van der Waals surface area contributed by atoms with Crippen molar-refractivity contribution in [3.63, 3.8) is 0 Å². The van der Waals surface area contributed by atoms with Crippen molar-refractivity contribution in [2.45, 2.75) is 50.4 Å². The number of anilines is 1. The van der Waals surface area contributed by atoms with Crippen molar-refractivity contribution in [2.75, 3.05) is 4.72 Å². The molecule has 1 saturated carbocycles. The largest absolute Gasteiger partial charge is 0.573 e. The number of hydrogen-bond acceptors (Lipinski definition) is 5. The second-order valence-electron chi connectivity index (χ2n) is 8.54. The highest BCUT2D eigenvalue weighted by atomic mass is 32.2. The number of aryl methyl sites for hydroxylation is 1. The van der Waals surface area contributed by atoms with Gasteiger partial charge in [0.05, 0.1) is 23.3 Å². The minimum Gasteiger partial charge on any atom is -0.406 e. The normalized spacial score (nSPS) is 20.9. The van der Waals surface area contributed by atoms with Gasteiger partial charge in [-0.3, -0.25) is 19.2 Å². The van der Waals surface area contributed by atoms with Crippen LogP contribution in [0.3, 0.4) is 0 Å². The average molecular weight is 497 g/mol. The lowest BCUT2D eigenvalue weighted by Gasteiger charge is -2.19. The summed E-state index contributed by atoms with van der Waals surface area (Å²) < 4.78 is 69.0. The SMILES string of the molecule is Cc1ccc(CN2C(=O)C3CCCCC3C2=O)cc1S(=O)(=O)Nc1ccc(OC(F)(F)F)cc1. The fraction of sp³-hybridized carbons (Fsp3) is 0.391. The van der Waals surface area contributed by atoms with E-state index in [0.29, 0.717) is 24.0 Å². The number of likely N-dealkylation sites (tertiary alicyclic amines) is 1. The predicted molar refractivity (Wildman–Crippen MR) is 116 cm³/mol. The van der Waals surface area contributed by atoms with Crippen molar-refractivity contribution >= 4 is 27.5 Å². The number of carbonyl (C=O) groups excluding carboxylic acids is 2. The Balaban J connectivity index is 1.52. The number of halogens is 3. The highest BCUT2D eigenvalue weighted by Crippen LogP contribution is 2.38. The van der Waals surface area contributed by atoms with E-state index < -0.39 is 22.1 Å². The molecule has 1 N–H and O–H groups in total. The minimum atomic E-state index is -4.85. The van der Waals surface area contributed by atoms with Crippen molar-refractivity contribution in [1.29, 1.82) is 0 Å². The van der Waals surface area contributed by atoms with Crippen LogP contribution >= 0.6 is 0 Å². The molecule has 2 aliphatic rings. The molecule has 2 aromatic rings. The Bertz CT molecular complexity index is 1190. The molecule has 7 nitrogen and oxygen atoms in total. The van der Waals surface area contributed by atoms with Crippen LogP contribution in [-0.2, 0) is 26.2 Å². The molecular formula is C23H23F3N2O5S. The molecule has 4 rings (SSSR count). The van der Waals surface area contributed by atoms with Crippen molar-refractivity contribution in [2.24, 2.45) is 11.8 Å². The zero-order valence-electron chi connectivity index (χ0n) is 18.3. The van der Waals surface area contributed by atoms with E-state index in [1.165, 1.54) is 11.0 Å². The fourth-order valence-corrected chi connectivity index (χ4v) is 5.89. The number of ether oxygens (including phenoxy) is 1. The summed E-state index contributed by atoms with van der Waals surface area (Å²) in [5.74, 6) is -1.48. The quantitative estimate of drug-likeness (QED) is 0.600. The lowest BCUT2D eigenvalue weighted by atomic mass is 9.81. The van der Waals surface area contributed by atoms with E-state index in [4.69, 9.17) is 0 Å². The number of alkyl halides is 3. The van der Waals surface area contributed by atoms with Gasteiger partial charge >= 0.3 is 6.36 Å². The number of benzene rings is 2. The molecular weight excluding hydrogens is 473 g/mol. The van der Waals surface area contributed by atoms with Crippen LogP contribution in [0.4, 0.5) is 18.9 Å². The van der Waals surface area contributed by atoms with Gasteiger partial charge < -0.3 is 4.74 Å². The molecule has 0 spiro atoms. The van der Waals surface area contributed by atoms with Crippen LogP contribution in [0, 0.1) is 18.8 Å². The summed E-state index contributed by atoms with van der Waals surface area (Å²) in [6, 6.07) is 8.96. The van der Waals surface area contributed by atoms with Crippen LogP contribution in [0.2, 0.25) is 0 Å². The minimum absolute atomic E-state index is 0.0169. The van der Waals surface area contributed by atoms with Gasteiger partial charge in [-0.2, -0.15) is 0 Å². The molecule has 2 amide bonds. The lowest BCUT2D eigenvalue weighted by molar-refractivity contribution is -0.274. The second-order valence-corrected chi connectivity index (χ2v) is 10.2. The van der Waals surface area contributed by atoms with Crippen molar-refractivity contribution in [1.82, 2.24) is 4.90 Å². The Morgan fingerprint density at radius 2 is 1.59 bits per heavy atom. The van der Waals surface area contributed by atoms with E-state index in [2.05, 4.69) is 9.46 Å². The first-order chi connectivity index (χ1) is 15.9. The topological polar surface area (TPSA) is 92.8 Å². The Kier molecular flexibility index (Phi) is 6.32. The summed E-state index contributed by atoms with van der Waals surface area (Å²) in [7, 11) is -4.10. The third kappa shape index (κ3) is 5.03. The zero-order chi connectivity index (χ0) is 24.7. The number of carbonyl (C=O) groups is 2. The van der Waals surface area contributed by atoms with Gasteiger partial charge in [-0.15, -0.1) is 13.2 Å². The zero-order valence-corrected chi connectivity index (χ0v) is 19.1. The molecule has 1 heterocycles. The molecule has 2 fully saturated rings. The molecule has 2 aromatic carbocycles. The first-order valence-electron chi connectivity index (χ1n) is 10.8. The number of amides is 2.